The highest BCUT2D eigenvalue weighted by atomic mass is 35.5. The van der Waals surface area contributed by atoms with Gasteiger partial charge in [0.25, 0.3) is 5.91 Å². The molecule has 0 radical (unpaired) electrons. The van der Waals surface area contributed by atoms with E-state index in [4.69, 9.17) is 27.9 Å². The van der Waals surface area contributed by atoms with E-state index in [2.05, 4.69) is 9.69 Å². The molecule has 0 fully saturated rings. The molecule has 0 bridgehead atoms. The van der Waals surface area contributed by atoms with E-state index in [9.17, 15) is 9.59 Å². The Bertz CT molecular complexity index is 558. The highest BCUT2D eigenvalue weighted by Gasteiger charge is 2.32. The number of carbonyl (C=O) groups excluding carboxylic acids is 2. The molecule has 0 spiro atoms. The molecule has 1 rings (SSSR count). The summed E-state index contributed by atoms with van der Waals surface area (Å²) in [4.78, 5) is 24.5. The number of ether oxygens (including phenoxy) is 1. The smallest absolute Gasteiger partial charge is 0.360 e. The van der Waals surface area contributed by atoms with Crippen molar-refractivity contribution in [1.29, 1.82) is 0 Å². The minimum atomic E-state index is -0.921. The van der Waals surface area contributed by atoms with Gasteiger partial charge < -0.3 is 10.1 Å². The van der Waals surface area contributed by atoms with Gasteiger partial charge in [0.1, 0.15) is 9.36 Å². The van der Waals surface area contributed by atoms with Gasteiger partial charge in [-0.3, -0.25) is 4.79 Å². The number of nitrogens with one attached hydrogen (secondary N) is 1. The van der Waals surface area contributed by atoms with Crippen LogP contribution in [-0.2, 0) is 9.53 Å². The van der Waals surface area contributed by atoms with Crippen molar-refractivity contribution in [3.05, 3.63) is 15.1 Å². The molecule has 0 saturated heterocycles. The van der Waals surface area contributed by atoms with Gasteiger partial charge in [0.15, 0.2) is 11.8 Å². The van der Waals surface area contributed by atoms with Gasteiger partial charge >= 0.3 is 5.97 Å². The summed E-state index contributed by atoms with van der Waals surface area (Å²) < 4.78 is 9.36. The molecule has 1 unspecified atom stereocenters. The first kappa shape index (κ1) is 19.2. The van der Waals surface area contributed by atoms with Gasteiger partial charge in [0.2, 0.25) is 0 Å². The summed E-state index contributed by atoms with van der Waals surface area (Å²) >= 11 is 12.6. The second-order valence-corrected chi connectivity index (χ2v) is 7.67. The van der Waals surface area contributed by atoms with Crippen LogP contribution in [0.25, 0.3) is 0 Å². The van der Waals surface area contributed by atoms with E-state index in [-0.39, 0.29) is 32.4 Å². The first-order valence-electron chi connectivity index (χ1n) is 6.92. The zero-order chi connectivity index (χ0) is 17.1. The number of halogens is 2. The zero-order valence-corrected chi connectivity index (χ0v) is 15.5. The molecule has 8 heteroatoms. The van der Waals surface area contributed by atoms with Crippen molar-refractivity contribution in [1.82, 2.24) is 9.69 Å². The molecule has 124 valence electrons. The predicted molar refractivity (Wildman–Crippen MR) is 88.7 cm³/mol. The van der Waals surface area contributed by atoms with Gasteiger partial charge in [-0.15, -0.1) is 0 Å². The number of hydrogen-bond acceptors (Lipinski definition) is 5. The molecule has 0 aliphatic heterocycles. The molecular formula is C14H20Cl2N2O3S. The van der Waals surface area contributed by atoms with Gasteiger partial charge in [-0.1, -0.05) is 44.0 Å². The topological polar surface area (TPSA) is 68.3 Å². The molecule has 0 aliphatic rings. The van der Waals surface area contributed by atoms with Crippen molar-refractivity contribution in [2.24, 2.45) is 5.92 Å². The number of aromatic nitrogens is 1. The summed E-state index contributed by atoms with van der Waals surface area (Å²) in [7, 11) is 0. The van der Waals surface area contributed by atoms with Crippen molar-refractivity contribution >= 4 is 46.6 Å². The first-order valence-corrected chi connectivity index (χ1v) is 8.45. The van der Waals surface area contributed by atoms with Crippen molar-refractivity contribution in [3.8, 4) is 0 Å². The van der Waals surface area contributed by atoms with Gasteiger partial charge in [0.05, 0.1) is 0 Å². The second-order valence-electron chi connectivity index (χ2n) is 5.92. The summed E-state index contributed by atoms with van der Waals surface area (Å²) in [5, 5.41) is 2.92. The third-order valence-corrected chi connectivity index (χ3v) is 4.85. The summed E-state index contributed by atoms with van der Waals surface area (Å²) in [6, 6.07) is 0. The lowest BCUT2D eigenvalue weighted by atomic mass is 9.99. The highest BCUT2D eigenvalue weighted by molar-refractivity contribution is 7.11. The molecular weight excluding hydrogens is 347 g/mol. The Morgan fingerprint density at radius 1 is 1.36 bits per heavy atom. The van der Waals surface area contributed by atoms with Gasteiger partial charge in [-0.05, 0) is 37.7 Å². The van der Waals surface area contributed by atoms with Crippen LogP contribution in [0, 0.1) is 5.92 Å². The highest BCUT2D eigenvalue weighted by Crippen LogP contribution is 2.30. The molecule has 1 atom stereocenters. The molecule has 1 amide bonds. The molecule has 0 aromatic carbocycles. The standard InChI is InChI=1S/C14H20Cl2N2O3S/c1-6-14(4,5)17-12(19)10(7(2)3)21-13(20)9-8(15)11(16)22-18-9/h7,10H,6H2,1-5H3,(H,17,19). The molecule has 1 heterocycles. The fourth-order valence-corrected chi connectivity index (χ4v) is 2.52. The summed E-state index contributed by atoms with van der Waals surface area (Å²) in [6.07, 6.45) is -0.166. The van der Waals surface area contributed by atoms with E-state index >= 15 is 0 Å². The normalized spacial score (nSPS) is 13.1. The first-order chi connectivity index (χ1) is 10.1. The quantitative estimate of drug-likeness (QED) is 0.774. The Hall–Kier alpha value is -0.850. The van der Waals surface area contributed by atoms with Crippen molar-refractivity contribution in [2.75, 3.05) is 0 Å². The number of rotatable bonds is 6. The van der Waals surface area contributed by atoms with Crippen LogP contribution in [0.15, 0.2) is 0 Å². The number of nitrogens with zero attached hydrogens (tertiary/aromatic N) is 1. The van der Waals surface area contributed by atoms with E-state index in [1.54, 1.807) is 13.8 Å². The van der Waals surface area contributed by atoms with Crippen LogP contribution < -0.4 is 5.32 Å². The third-order valence-electron chi connectivity index (χ3n) is 3.23. The van der Waals surface area contributed by atoms with Crippen LogP contribution in [0.1, 0.15) is 51.5 Å². The Labute approximate surface area is 144 Å². The van der Waals surface area contributed by atoms with Crippen LogP contribution >= 0.6 is 34.7 Å². The van der Waals surface area contributed by atoms with Crippen molar-refractivity contribution < 1.29 is 14.3 Å². The fraction of sp³-hybridized carbons (Fsp3) is 0.643. The fourth-order valence-electron chi connectivity index (χ4n) is 1.54. The van der Waals surface area contributed by atoms with E-state index in [0.717, 1.165) is 18.0 Å². The number of esters is 1. The van der Waals surface area contributed by atoms with Crippen molar-refractivity contribution in [3.63, 3.8) is 0 Å². The zero-order valence-electron chi connectivity index (χ0n) is 13.2. The largest absolute Gasteiger partial charge is 0.447 e. The molecule has 5 nitrogen and oxygen atoms in total. The number of carbonyl (C=O) groups is 2. The third kappa shape index (κ3) is 4.83. The Kier molecular flexibility index (Phi) is 6.65. The van der Waals surface area contributed by atoms with Crippen LogP contribution in [0.4, 0.5) is 0 Å². The Balaban J connectivity index is 2.87. The van der Waals surface area contributed by atoms with Crippen LogP contribution in [0.5, 0.6) is 0 Å². The van der Waals surface area contributed by atoms with Crippen molar-refractivity contribution in [2.45, 2.75) is 52.7 Å². The minimum Gasteiger partial charge on any atom is -0.447 e. The summed E-state index contributed by atoms with van der Waals surface area (Å²) in [5.41, 5.74) is -0.442. The molecule has 22 heavy (non-hydrogen) atoms. The van der Waals surface area contributed by atoms with Gasteiger partial charge in [0, 0.05) is 5.54 Å². The maximum atomic E-state index is 12.4. The van der Waals surface area contributed by atoms with Crippen LogP contribution in [-0.4, -0.2) is 27.9 Å². The van der Waals surface area contributed by atoms with E-state index in [1.165, 1.54) is 0 Å². The lowest BCUT2D eigenvalue weighted by Crippen LogP contribution is -2.50. The Morgan fingerprint density at radius 2 is 1.95 bits per heavy atom. The van der Waals surface area contributed by atoms with E-state index in [0.29, 0.717) is 0 Å². The number of amides is 1. The van der Waals surface area contributed by atoms with Crippen LogP contribution in [0.2, 0.25) is 9.36 Å². The van der Waals surface area contributed by atoms with Gasteiger partial charge in [-0.25, -0.2) is 4.79 Å². The minimum absolute atomic E-state index is 0.0495. The monoisotopic (exact) mass is 366 g/mol. The lowest BCUT2D eigenvalue weighted by molar-refractivity contribution is -0.133. The summed E-state index contributed by atoms with van der Waals surface area (Å²) in [5.74, 6) is -1.28. The average molecular weight is 367 g/mol. The summed E-state index contributed by atoms with van der Waals surface area (Å²) in [6.45, 7) is 9.37. The maximum Gasteiger partial charge on any atom is 0.360 e. The Morgan fingerprint density at radius 3 is 2.36 bits per heavy atom. The van der Waals surface area contributed by atoms with Gasteiger partial charge in [-0.2, -0.15) is 4.37 Å². The molecule has 0 aliphatic carbocycles. The van der Waals surface area contributed by atoms with E-state index < -0.39 is 12.1 Å². The molecule has 1 N–H and O–H groups in total. The molecule has 0 saturated carbocycles. The van der Waals surface area contributed by atoms with Crippen LogP contribution in [0.3, 0.4) is 0 Å². The van der Waals surface area contributed by atoms with E-state index in [1.807, 2.05) is 20.8 Å². The SMILES string of the molecule is CCC(C)(C)NC(=O)C(OC(=O)c1nsc(Cl)c1Cl)C(C)C. The molecule has 1 aromatic rings. The predicted octanol–water partition coefficient (Wildman–Crippen LogP) is 3.94. The second kappa shape index (κ2) is 7.62. The lowest BCUT2D eigenvalue weighted by Gasteiger charge is -2.28. The molecule has 1 aromatic heterocycles. The average Bonchev–Trinajstić information content (AvgIpc) is 2.75. The number of hydrogen-bond donors (Lipinski definition) is 1. The maximum absolute atomic E-state index is 12.4.